The minimum absolute atomic E-state index is 0.0500. The van der Waals surface area contributed by atoms with Gasteiger partial charge < -0.3 is 25.0 Å². The van der Waals surface area contributed by atoms with Gasteiger partial charge in [-0.15, -0.1) is 0 Å². The van der Waals surface area contributed by atoms with Gasteiger partial charge in [0.2, 0.25) is 11.8 Å². The third-order valence-corrected chi connectivity index (χ3v) is 5.76. The number of ether oxygens (including phenoxy) is 2. The summed E-state index contributed by atoms with van der Waals surface area (Å²) in [5.74, 6) is 0.746. The smallest absolute Gasteiger partial charge is 0.253 e. The van der Waals surface area contributed by atoms with Crippen LogP contribution in [0.4, 0.5) is 0 Å². The number of hydrogen-bond donors (Lipinski definition) is 2. The zero-order valence-corrected chi connectivity index (χ0v) is 19.3. The molecule has 0 radical (unpaired) electrons. The summed E-state index contributed by atoms with van der Waals surface area (Å²) < 4.78 is 10.6. The number of nitrogens with one attached hydrogen (secondary N) is 2. The summed E-state index contributed by atoms with van der Waals surface area (Å²) in [6.07, 6.45) is 1.61. The Kier molecular flexibility index (Phi) is 8.29. The Hall–Kier alpha value is -3.55. The van der Waals surface area contributed by atoms with Crippen LogP contribution in [-0.2, 0) is 16.0 Å². The zero-order chi connectivity index (χ0) is 23.8. The lowest BCUT2D eigenvalue weighted by molar-refractivity contribution is -0.128. The molecule has 3 rings (SSSR count). The Morgan fingerprint density at radius 2 is 1.76 bits per heavy atom. The fourth-order valence-corrected chi connectivity index (χ4v) is 4.01. The van der Waals surface area contributed by atoms with E-state index in [1.54, 1.807) is 43.4 Å². The van der Waals surface area contributed by atoms with E-state index in [4.69, 9.17) is 9.47 Å². The number of hydrogen-bond acceptors (Lipinski definition) is 5. The van der Waals surface area contributed by atoms with Gasteiger partial charge in [-0.3, -0.25) is 14.4 Å². The van der Waals surface area contributed by atoms with Crippen molar-refractivity contribution in [3.63, 3.8) is 0 Å². The maximum Gasteiger partial charge on any atom is 0.253 e. The number of benzene rings is 2. The summed E-state index contributed by atoms with van der Waals surface area (Å²) in [6, 6.07) is 13.7. The molecule has 0 spiro atoms. The molecule has 1 fully saturated rings. The van der Waals surface area contributed by atoms with Gasteiger partial charge in [-0.05, 0) is 42.7 Å². The van der Waals surface area contributed by atoms with Gasteiger partial charge in [0, 0.05) is 38.0 Å². The van der Waals surface area contributed by atoms with Gasteiger partial charge in [-0.1, -0.05) is 24.3 Å². The molecule has 1 atom stereocenters. The molecule has 1 unspecified atom stereocenters. The van der Waals surface area contributed by atoms with E-state index in [-0.39, 0.29) is 23.8 Å². The van der Waals surface area contributed by atoms with Crippen LogP contribution in [0.2, 0.25) is 0 Å². The minimum atomic E-state index is -0.713. The van der Waals surface area contributed by atoms with Crippen molar-refractivity contribution in [2.45, 2.75) is 38.3 Å². The summed E-state index contributed by atoms with van der Waals surface area (Å²) in [5, 5.41) is 5.79. The van der Waals surface area contributed by atoms with Crippen molar-refractivity contribution < 1.29 is 23.9 Å². The highest BCUT2D eigenvalue weighted by Gasteiger charge is 2.28. The van der Waals surface area contributed by atoms with Gasteiger partial charge in [-0.2, -0.15) is 0 Å². The Morgan fingerprint density at radius 1 is 1.03 bits per heavy atom. The van der Waals surface area contributed by atoms with E-state index in [9.17, 15) is 14.4 Å². The fraction of sp³-hybridized carbons (Fsp3) is 0.400. The van der Waals surface area contributed by atoms with Crippen LogP contribution in [-0.4, -0.2) is 62.0 Å². The Bertz CT molecular complexity index is 986. The van der Waals surface area contributed by atoms with Crippen LogP contribution in [0.15, 0.2) is 48.5 Å². The molecule has 176 valence electrons. The second kappa shape index (κ2) is 11.4. The van der Waals surface area contributed by atoms with E-state index in [0.29, 0.717) is 49.4 Å². The molecular weight excluding hydrogens is 422 g/mol. The molecule has 2 aromatic carbocycles. The standard InChI is InChI=1S/C25H31N3O5/c1-17(29)26-22(16-18-7-4-5-10-23(18)33-3)24(30)27-20-11-13-28(14-12-20)25(31)19-8-6-9-21(15-19)32-2/h4-10,15,20,22H,11-14,16H2,1-3H3,(H,26,29)(H,27,30). The Balaban J connectivity index is 1.58. The molecule has 8 nitrogen and oxygen atoms in total. The van der Waals surface area contributed by atoms with E-state index in [2.05, 4.69) is 10.6 Å². The molecule has 1 heterocycles. The topological polar surface area (TPSA) is 97.0 Å². The van der Waals surface area contributed by atoms with Crippen molar-refractivity contribution in [2.75, 3.05) is 27.3 Å². The van der Waals surface area contributed by atoms with E-state index >= 15 is 0 Å². The van der Waals surface area contributed by atoms with Gasteiger partial charge in [0.05, 0.1) is 14.2 Å². The van der Waals surface area contributed by atoms with Crippen molar-refractivity contribution in [3.8, 4) is 11.5 Å². The number of piperidine rings is 1. The molecule has 1 saturated heterocycles. The second-order valence-electron chi connectivity index (χ2n) is 8.08. The summed E-state index contributed by atoms with van der Waals surface area (Å²) in [5.41, 5.74) is 1.42. The van der Waals surface area contributed by atoms with Crippen molar-refractivity contribution >= 4 is 17.7 Å². The third kappa shape index (κ3) is 6.47. The zero-order valence-electron chi connectivity index (χ0n) is 19.3. The number of likely N-dealkylation sites (tertiary alicyclic amines) is 1. The highest BCUT2D eigenvalue weighted by Crippen LogP contribution is 2.20. The van der Waals surface area contributed by atoms with Crippen LogP contribution in [0.1, 0.15) is 35.7 Å². The Morgan fingerprint density at radius 3 is 2.42 bits per heavy atom. The van der Waals surface area contributed by atoms with E-state index < -0.39 is 6.04 Å². The lowest BCUT2D eigenvalue weighted by Crippen LogP contribution is -2.53. The van der Waals surface area contributed by atoms with Gasteiger partial charge in [-0.25, -0.2) is 0 Å². The van der Waals surface area contributed by atoms with Crippen molar-refractivity contribution in [1.82, 2.24) is 15.5 Å². The molecule has 33 heavy (non-hydrogen) atoms. The third-order valence-electron chi connectivity index (χ3n) is 5.76. The quantitative estimate of drug-likeness (QED) is 0.639. The summed E-state index contributed by atoms with van der Waals surface area (Å²) in [7, 11) is 3.15. The maximum atomic E-state index is 13.0. The van der Waals surface area contributed by atoms with Crippen LogP contribution in [0, 0.1) is 0 Å². The molecule has 0 saturated carbocycles. The molecular formula is C25H31N3O5. The normalized spacial score (nSPS) is 14.8. The van der Waals surface area contributed by atoms with Crippen LogP contribution in [0.3, 0.4) is 0 Å². The molecule has 8 heteroatoms. The van der Waals surface area contributed by atoms with E-state index in [1.165, 1.54) is 6.92 Å². The predicted molar refractivity (Wildman–Crippen MR) is 124 cm³/mol. The van der Waals surface area contributed by atoms with Crippen molar-refractivity contribution in [3.05, 3.63) is 59.7 Å². The summed E-state index contributed by atoms with van der Waals surface area (Å²) in [4.78, 5) is 39.3. The van der Waals surface area contributed by atoms with E-state index in [1.807, 2.05) is 24.3 Å². The van der Waals surface area contributed by atoms with Crippen LogP contribution >= 0.6 is 0 Å². The molecule has 2 aromatic rings. The van der Waals surface area contributed by atoms with Crippen LogP contribution in [0.5, 0.6) is 11.5 Å². The average Bonchev–Trinajstić information content (AvgIpc) is 2.83. The Labute approximate surface area is 194 Å². The number of amides is 3. The first-order valence-electron chi connectivity index (χ1n) is 11.0. The van der Waals surface area contributed by atoms with Crippen LogP contribution < -0.4 is 20.1 Å². The summed E-state index contributed by atoms with van der Waals surface area (Å²) >= 11 is 0. The number of nitrogens with zero attached hydrogens (tertiary/aromatic N) is 1. The molecule has 1 aliphatic rings. The lowest BCUT2D eigenvalue weighted by Gasteiger charge is -2.33. The number of carbonyl (C=O) groups is 3. The fourth-order valence-electron chi connectivity index (χ4n) is 4.01. The first-order valence-corrected chi connectivity index (χ1v) is 11.0. The molecule has 1 aliphatic heterocycles. The minimum Gasteiger partial charge on any atom is -0.497 e. The number of methoxy groups -OCH3 is 2. The average molecular weight is 454 g/mol. The first-order chi connectivity index (χ1) is 15.9. The van der Waals surface area contributed by atoms with Gasteiger partial charge in [0.1, 0.15) is 17.5 Å². The molecule has 0 bridgehead atoms. The highest BCUT2D eigenvalue weighted by atomic mass is 16.5. The predicted octanol–water partition coefficient (Wildman–Crippen LogP) is 2.17. The van der Waals surface area contributed by atoms with Gasteiger partial charge in [0.25, 0.3) is 5.91 Å². The monoisotopic (exact) mass is 453 g/mol. The molecule has 2 N–H and O–H groups in total. The van der Waals surface area contributed by atoms with Gasteiger partial charge >= 0.3 is 0 Å². The molecule has 0 aliphatic carbocycles. The second-order valence-corrected chi connectivity index (χ2v) is 8.08. The van der Waals surface area contributed by atoms with Crippen LogP contribution in [0.25, 0.3) is 0 Å². The first kappa shape index (κ1) is 24.1. The number of carbonyl (C=O) groups excluding carboxylic acids is 3. The van der Waals surface area contributed by atoms with Crippen molar-refractivity contribution in [1.29, 1.82) is 0 Å². The van der Waals surface area contributed by atoms with Crippen molar-refractivity contribution in [2.24, 2.45) is 0 Å². The largest absolute Gasteiger partial charge is 0.497 e. The highest BCUT2D eigenvalue weighted by molar-refractivity contribution is 5.94. The molecule has 0 aromatic heterocycles. The number of rotatable bonds is 8. The van der Waals surface area contributed by atoms with E-state index in [0.717, 1.165) is 5.56 Å². The maximum absolute atomic E-state index is 13.0. The summed E-state index contributed by atoms with van der Waals surface area (Å²) in [6.45, 7) is 2.47. The van der Waals surface area contributed by atoms with Gasteiger partial charge in [0.15, 0.2) is 0 Å². The lowest BCUT2D eigenvalue weighted by atomic mass is 10.0. The SMILES string of the molecule is COc1cccc(C(=O)N2CCC(NC(=O)C(Cc3ccccc3OC)NC(C)=O)CC2)c1. The molecule has 3 amide bonds. The number of para-hydroxylation sites is 1.